The Bertz CT molecular complexity index is 548. The first-order valence-corrected chi connectivity index (χ1v) is 4.85. The Morgan fingerprint density at radius 3 is 2.65 bits per heavy atom. The van der Waals surface area contributed by atoms with Crippen molar-refractivity contribution in [2.24, 2.45) is 0 Å². The Balaban J connectivity index is 3.60. The van der Waals surface area contributed by atoms with Crippen LogP contribution in [-0.2, 0) is 0 Å². The van der Waals surface area contributed by atoms with E-state index in [1.165, 1.54) is 0 Å². The first-order chi connectivity index (χ1) is 8.04. The van der Waals surface area contributed by atoms with Crippen LogP contribution in [0.4, 0.5) is 5.69 Å². The Morgan fingerprint density at radius 2 is 2.24 bits per heavy atom. The zero-order chi connectivity index (χ0) is 13.0. The largest absolute Gasteiger partial charge is 0.298 e. The predicted octanol–water partition coefficient (Wildman–Crippen LogP) is 1.70. The van der Waals surface area contributed by atoms with E-state index in [0.29, 0.717) is 0 Å². The molecule has 0 saturated carbocycles. The topological polar surface area (TPSA) is 101 Å². The maximum absolute atomic E-state index is 11.4. The van der Waals surface area contributed by atoms with Gasteiger partial charge in [0.1, 0.15) is 6.07 Å². The molecular formula is C10H5ClN2O4. The highest BCUT2D eigenvalue weighted by molar-refractivity contribution is 6.31. The number of hydrogen-bond donors (Lipinski definition) is 0. The fourth-order valence-electron chi connectivity index (χ4n) is 1.26. The molecule has 1 rings (SSSR count). The number of alkyl halides is 1. The number of carbonyl (C=O) groups is 2. The molecule has 0 N–H and O–H groups in total. The molecule has 17 heavy (non-hydrogen) atoms. The first-order valence-electron chi connectivity index (χ1n) is 4.32. The predicted molar refractivity (Wildman–Crippen MR) is 58.2 cm³/mol. The van der Waals surface area contributed by atoms with Crippen LogP contribution in [0.1, 0.15) is 26.3 Å². The molecule has 0 aliphatic heterocycles. The second kappa shape index (κ2) is 5.18. The molecule has 1 aromatic carbocycles. The quantitative estimate of drug-likeness (QED) is 0.267. The van der Waals surface area contributed by atoms with E-state index in [4.69, 9.17) is 16.9 Å². The lowest BCUT2D eigenvalue weighted by Gasteiger charge is -2.03. The molecule has 0 atom stereocenters. The zero-order valence-electron chi connectivity index (χ0n) is 8.34. The van der Waals surface area contributed by atoms with E-state index in [1.54, 1.807) is 6.07 Å². The van der Waals surface area contributed by atoms with Gasteiger partial charge in [0.05, 0.1) is 16.4 Å². The van der Waals surface area contributed by atoms with Gasteiger partial charge in [0.25, 0.3) is 5.69 Å². The fraction of sp³-hybridized carbons (Fsp3) is 0.100. The normalized spacial score (nSPS) is 9.41. The Hall–Kier alpha value is -2.26. The number of non-ortho nitro benzene ring substituents is 1. The van der Waals surface area contributed by atoms with Crippen molar-refractivity contribution in [1.29, 1.82) is 5.26 Å². The van der Waals surface area contributed by atoms with Crippen molar-refractivity contribution in [2.45, 2.75) is 0 Å². The number of Topliss-reactive ketones (excluding diaryl/α,β-unsaturated/α-hetero) is 1. The summed E-state index contributed by atoms with van der Waals surface area (Å²) >= 11 is 5.33. The number of nitrogens with zero attached hydrogens (tertiary/aromatic N) is 2. The third-order valence-corrected chi connectivity index (χ3v) is 2.27. The number of nitro groups is 1. The molecule has 0 saturated heterocycles. The Morgan fingerprint density at radius 1 is 1.59 bits per heavy atom. The van der Waals surface area contributed by atoms with Gasteiger partial charge >= 0.3 is 0 Å². The molecule has 0 bridgehead atoms. The van der Waals surface area contributed by atoms with Crippen molar-refractivity contribution in [3.63, 3.8) is 0 Å². The van der Waals surface area contributed by atoms with E-state index in [2.05, 4.69) is 0 Å². The van der Waals surface area contributed by atoms with Crippen molar-refractivity contribution < 1.29 is 14.5 Å². The van der Waals surface area contributed by atoms with Gasteiger partial charge in [-0.3, -0.25) is 19.7 Å². The summed E-state index contributed by atoms with van der Waals surface area (Å²) in [4.78, 5) is 32.0. The van der Waals surface area contributed by atoms with Crippen LogP contribution < -0.4 is 0 Å². The Labute approximate surface area is 101 Å². The van der Waals surface area contributed by atoms with E-state index < -0.39 is 22.3 Å². The number of halogens is 1. The van der Waals surface area contributed by atoms with Crippen molar-refractivity contribution >= 4 is 29.4 Å². The lowest BCUT2D eigenvalue weighted by molar-refractivity contribution is -0.384. The van der Waals surface area contributed by atoms with Crippen molar-refractivity contribution in [3.05, 3.63) is 38.9 Å². The van der Waals surface area contributed by atoms with Crippen molar-refractivity contribution in [1.82, 2.24) is 0 Å². The number of ketones is 1. The van der Waals surface area contributed by atoms with Crippen molar-refractivity contribution in [3.8, 4) is 6.07 Å². The lowest BCUT2D eigenvalue weighted by atomic mass is 9.99. The van der Waals surface area contributed by atoms with Gasteiger partial charge in [0, 0.05) is 23.3 Å². The molecule has 6 nitrogen and oxygen atoms in total. The van der Waals surface area contributed by atoms with Crippen LogP contribution in [-0.4, -0.2) is 22.9 Å². The third-order valence-electron chi connectivity index (χ3n) is 2.02. The number of nitriles is 1. The van der Waals surface area contributed by atoms with E-state index in [9.17, 15) is 19.7 Å². The molecule has 0 aliphatic carbocycles. The van der Waals surface area contributed by atoms with E-state index >= 15 is 0 Å². The number of aldehydes is 1. The molecule has 0 spiro atoms. The smallest absolute Gasteiger partial charge is 0.270 e. The van der Waals surface area contributed by atoms with E-state index in [0.717, 1.165) is 12.1 Å². The van der Waals surface area contributed by atoms with Gasteiger partial charge < -0.3 is 0 Å². The molecule has 0 unspecified atom stereocenters. The fourth-order valence-corrected chi connectivity index (χ4v) is 1.41. The molecule has 86 valence electrons. The molecule has 0 aromatic heterocycles. The van der Waals surface area contributed by atoms with Gasteiger partial charge in [0.2, 0.25) is 0 Å². The van der Waals surface area contributed by atoms with Gasteiger partial charge in [-0.05, 0) is 0 Å². The Kier molecular flexibility index (Phi) is 3.91. The van der Waals surface area contributed by atoms with Gasteiger partial charge in [-0.15, -0.1) is 11.6 Å². The average Bonchev–Trinajstić information content (AvgIpc) is 2.35. The molecule has 0 amide bonds. The van der Waals surface area contributed by atoms with Gasteiger partial charge in [0.15, 0.2) is 12.1 Å². The van der Waals surface area contributed by atoms with Crippen LogP contribution in [0.2, 0.25) is 0 Å². The van der Waals surface area contributed by atoms with Crippen LogP contribution in [0.3, 0.4) is 0 Å². The molecule has 0 aliphatic rings. The summed E-state index contributed by atoms with van der Waals surface area (Å²) in [5.74, 6) is -1.07. The summed E-state index contributed by atoms with van der Waals surface area (Å²) in [7, 11) is 0. The maximum Gasteiger partial charge on any atom is 0.270 e. The number of carbonyl (C=O) groups excluding carboxylic acids is 2. The van der Waals surface area contributed by atoms with Gasteiger partial charge in [-0.25, -0.2) is 0 Å². The van der Waals surface area contributed by atoms with Crippen LogP contribution in [0.25, 0.3) is 0 Å². The number of nitro benzene ring substituents is 1. The van der Waals surface area contributed by atoms with Crippen LogP contribution >= 0.6 is 11.6 Å². The average molecular weight is 253 g/mol. The van der Waals surface area contributed by atoms with Gasteiger partial charge in [-0.1, -0.05) is 0 Å². The highest BCUT2D eigenvalue weighted by Gasteiger charge is 2.20. The minimum absolute atomic E-state index is 0.198. The van der Waals surface area contributed by atoms with E-state index in [1.807, 2.05) is 0 Å². The summed E-state index contributed by atoms with van der Waals surface area (Å²) in [6.45, 7) is 0. The minimum Gasteiger partial charge on any atom is -0.298 e. The van der Waals surface area contributed by atoms with Gasteiger partial charge in [-0.2, -0.15) is 5.26 Å². The molecule has 1 aromatic rings. The molecule has 0 heterocycles. The molecule has 7 heteroatoms. The number of benzene rings is 1. The zero-order valence-corrected chi connectivity index (χ0v) is 9.10. The van der Waals surface area contributed by atoms with E-state index in [-0.39, 0.29) is 23.0 Å². The maximum atomic E-state index is 11.4. The summed E-state index contributed by atoms with van der Waals surface area (Å²) in [6, 6.07) is 3.54. The lowest BCUT2D eigenvalue weighted by Crippen LogP contribution is -2.07. The minimum atomic E-state index is -0.751. The SMILES string of the molecule is N#Cc1c(C=O)cc([N+](=O)[O-])cc1C(=O)CCl. The number of hydrogen-bond acceptors (Lipinski definition) is 5. The summed E-state index contributed by atoms with van der Waals surface area (Å²) in [6.07, 6.45) is 0.288. The van der Waals surface area contributed by atoms with Crippen LogP contribution in [0.15, 0.2) is 12.1 Å². The van der Waals surface area contributed by atoms with Crippen LogP contribution in [0, 0.1) is 21.4 Å². The highest BCUT2D eigenvalue weighted by atomic mass is 35.5. The summed E-state index contributed by atoms with van der Waals surface area (Å²) in [5.41, 5.74) is -1.04. The summed E-state index contributed by atoms with van der Waals surface area (Å²) < 4.78 is 0. The second-order valence-corrected chi connectivity index (χ2v) is 3.27. The standard InChI is InChI=1S/C10H5ClN2O4/c11-3-10(15)8-2-7(13(16)17)1-6(5-14)9(8)4-12/h1-2,5H,3H2. The highest BCUT2D eigenvalue weighted by Crippen LogP contribution is 2.22. The molecule has 0 fully saturated rings. The number of rotatable bonds is 4. The summed E-state index contributed by atoms with van der Waals surface area (Å²) in [5, 5.41) is 19.4. The second-order valence-electron chi connectivity index (χ2n) is 3.00. The van der Waals surface area contributed by atoms with Crippen LogP contribution in [0.5, 0.6) is 0 Å². The first kappa shape index (κ1) is 12.8. The van der Waals surface area contributed by atoms with Crippen molar-refractivity contribution in [2.75, 3.05) is 5.88 Å². The third kappa shape index (κ3) is 2.46. The molecule has 0 radical (unpaired) electrons. The monoisotopic (exact) mass is 252 g/mol. The molecular weight excluding hydrogens is 248 g/mol.